The number of ether oxygens (including phenoxy) is 1. The molecule has 3 heterocycles. The zero-order valence-electron chi connectivity index (χ0n) is 18.3. The maximum Gasteiger partial charge on any atom is 0.410 e. The molecule has 0 saturated carbocycles. The standard InChI is InChI=1S/C23H26FN3O4S/c1-22(2,3)31-21(29)26-10-8-23(30,9-11-26)13-27-14-25-18-17(12-32-19(18)20(27)28)15-4-6-16(24)7-5-15/h4-7,12,14,30H,8-11,13H2,1-3H3. The second-order valence-electron chi connectivity index (χ2n) is 9.20. The van der Waals surface area contributed by atoms with E-state index in [2.05, 4.69) is 4.98 Å². The van der Waals surface area contributed by atoms with Crippen molar-refractivity contribution in [2.45, 2.75) is 51.4 Å². The lowest BCUT2D eigenvalue weighted by atomic mass is 9.91. The molecule has 0 radical (unpaired) electrons. The van der Waals surface area contributed by atoms with E-state index in [1.54, 1.807) is 17.0 Å². The predicted molar refractivity (Wildman–Crippen MR) is 121 cm³/mol. The van der Waals surface area contributed by atoms with E-state index in [-0.39, 0.29) is 17.9 Å². The number of carbonyl (C=O) groups excluding carboxylic acids is 1. The third-order valence-electron chi connectivity index (χ3n) is 5.51. The summed E-state index contributed by atoms with van der Waals surface area (Å²) in [5, 5.41) is 12.9. The molecule has 0 spiro atoms. The van der Waals surface area contributed by atoms with Gasteiger partial charge in [0.2, 0.25) is 0 Å². The number of aromatic nitrogens is 2. The van der Waals surface area contributed by atoms with Gasteiger partial charge in [-0.1, -0.05) is 12.1 Å². The van der Waals surface area contributed by atoms with Crippen molar-refractivity contribution in [3.05, 3.63) is 52.1 Å². The number of fused-ring (bicyclic) bond motifs is 1. The Hall–Kier alpha value is -2.78. The summed E-state index contributed by atoms with van der Waals surface area (Å²) in [6, 6.07) is 6.06. The van der Waals surface area contributed by atoms with Gasteiger partial charge in [-0.3, -0.25) is 9.36 Å². The quantitative estimate of drug-likeness (QED) is 0.639. The summed E-state index contributed by atoms with van der Waals surface area (Å²) < 4.78 is 20.6. The first-order valence-electron chi connectivity index (χ1n) is 10.5. The Morgan fingerprint density at radius 3 is 2.53 bits per heavy atom. The van der Waals surface area contributed by atoms with Crippen molar-refractivity contribution in [3.8, 4) is 11.1 Å². The molecule has 2 aromatic heterocycles. The van der Waals surface area contributed by atoms with Crippen LogP contribution in [0, 0.1) is 5.82 Å². The summed E-state index contributed by atoms with van der Waals surface area (Å²) in [6.07, 6.45) is 1.72. The molecule has 1 aromatic carbocycles. The first-order chi connectivity index (χ1) is 15.0. The van der Waals surface area contributed by atoms with Crippen molar-refractivity contribution in [2.24, 2.45) is 0 Å². The van der Waals surface area contributed by atoms with Crippen LogP contribution in [0.4, 0.5) is 9.18 Å². The molecule has 1 fully saturated rings. The molecule has 0 bridgehead atoms. The summed E-state index contributed by atoms with van der Waals surface area (Å²) >= 11 is 1.28. The Morgan fingerprint density at radius 2 is 1.91 bits per heavy atom. The number of halogens is 1. The summed E-state index contributed by atoms with van der Waals surface area (Å²) in [5.74, 6) is -0.324. The molecular weight excluding hydrogens is 433 g/mol. The van der Waals surface area contributed by atoms with Crippen LogP contribution in [0.5, 0.6) is 0 Å². The van der Waals surface area contributed by atoms with E-state index >= 15 is 0 Å². The monoisotopic (exact) mass is 459 g/mol. The van der Waals surface area contributed by atoms with Crippen LogP contribution in [0.25, 0.3) is 21.3 Å². The van der Waals surface area contributed by atoms with Crippen LogP contribution in [0.1, 0.15) is 33.6 Å². The molecular formula is C23H26FN3O4S. The van der Waals surface area contributed by atoms with E-state index in [9.17, 15) is 19.1 Å². The molecule has 0 atom stereocenters. The Balaban J connectivity index is 1.50. The molecule has 1 aliphatic rings. The third kappa shape index (κ3) is 4.68. The normalized spacial score (nSPS) is 16.3. The largest absolute Gasteiger partial charge is 0.444 e. The van der Waals surface area contributed by atoms with Gasteiger partial charge in [-0.25, -0.2) is 14.2 Å². The molecule has 9 heteroatoms. The Labute approximate surface area is 189 Å². The number of likely N-dealkylation sites (tertiary alicyclic amines) is 1. The molecule has 4 rings (SSSR count). The van der Waals surface area contributed by atoms with Crippen LogP contribution >= 0.6 is 11.3 Å². The van der Waals surface area contributed by atoms with Crippen molar-refractivity contribution in [2.75, 3.05) is 13.1 Å². The van der Waals surface area contributed by atoms with Gasteiger partial charge in [0.15, 0.2) is 0 Å². The highest BCUT2D eigenvalue weighted by Gasteiger charge is 2.36. The van der Waals surface area contributed by atoms with Gasteiger partial charge in [0.05, 0.1) is 24.0 Å². The molecule has 0 aliphatic carbocycles. The minimum Gasteiger partial charge on any atom is -0.444 e. The van der Waals surface area contributed by atoms with Crippen molar-refractivity contribution in [3.63, 3.8) is 0 Å². The van der Waals surface area contributed by atoms with Gasteiger partial charge in [0.25, 0.3) is 5.56 Å². The lowest BCUT2D eigenvalue weighted by Crippen LogP contribution is -2.50. The van der Waals surface area contributed by atoms with Crippen LogP contribution in [0.2, 0.25) is 0 Å². The summed E-state index contributed by atoms with van der Waals surface area (Å²) in [6.45, 7) is 6.24. The van der Waals surface area contributed by atoms with Crippen molar-refractivity contribution in [1.29, 1.82) is 0 Å². The Kier molecular flexibility index (Phi) is 5.81. The molecule has 170 valence electrons. The maximum atomic E-state index is 13.2. The Morgan fingerprint density at radius 1 is 1.25 bits per heavy atom. The van der Waals surface area contributed by atoms with E-state index in [0.717, 1.165) is 11.1 Å². The zero-order chi connectivity index (χ0) is 23.1. The highest BCUT2D eigenvalue weighted by Crippen LogP contribution is 2.31. The second-order valence-corrected chi connectivity index (χ2v) is 10.1. The van der Waals surface area contributed by atoms with Crippen molar-refractivity contribution >= 4 is 27.6 Å². The average molecular weight is 460 g/mol. The van der Waals surface area contributed by atoms with Crippen LogP contribution in [0.15, 0.2) is 40.8 Å². The van der Waals surface area contributed by atoms with Gasteiger partial charge in [0, 0.05) is 24.0 Å². The third-order valence-corrected chi connectivity index (χ3v) is 6.47. The highest BCUT2D eigenvalue weighted by molar-refractivity contribution is 7.17. The number of nitrogens with zero attached hydrogens (tertiary/aromatic N) is 3. The van der Waals surface area contributed by atoms with Gasteiger partial charge in [-0.15, -0.1) is 11.3 Å². The van der Waals surface area contributed by atoms with E-state index in [1.165, 1.54) is 34.4 Å². The van der Waals surface area contributed by atoms with Gasteiger partial charge in [-0.2, -0.15) is 0 Å². The Bertz CT molecular complexity index is 1190. The van der Waals surface area contributed by atoms with Crippen LogP contribution in [-0.4, -0.2) is 49.9 Å². The SMILES string of the molecule is CC(C)(C)OC(=O)N1CCC(O)(Cn2cnc3c(-c4ccc(F)cc4)csc3c2=O)CC1. The first-order valence-corrected chi connectivity index (χ1v) is 11.4. The van der Waals surface area contributed by atoms with Crippen LogP contribution in [-0.2, 0) is 11.3 Å². The van der Waals surface area contributed by atoms with Crippen LogP contribution < -0.4 is 5.56 Å². The van der Waals surface area contributed by atoms with E-state index in [1.807, 2.05) is 26.2 Å². The van der Waals surface area contributed by atoms with Gasteiger partial charge in [0.1, 0.15) is 16.1 Å². The molecule has 7 nitrogen and oxygen atoms in total. The minimum atomic E-state index is -1.12. The van der Waals surface area contributed by atoms with Gasteiger partial charge in [-0.05, 0) is 51.3 Å². The number of carbonyl (C=O) groups is 1. The number of thiophene rings is 1. The number of benzene rings is 1. The fraction of sp³-hybridized carbons (Fsp3) is 0.435. The number of hydrogen-bond donors (Lipinski definition) is 1. The van der Waals surface area contributed by atoms with Gasteiger partial charge < -0.3 is 14.7 Å². The molecule has 1 aliphatic heterocycles. The molecule has 0 unspecified atom stereocenters. The average Bonchev–Trinajstić information content (AvgIpc) is 3.15. The second kappa shape index (κ2) is 8.29. The molecule has 1 amide bonds. The molecule has 32 heavy (non-hydrogen) atoms. The minimum absolute atomic E-state index is 0.0979. The lowest BCUT2D eigenvalue weighted by Gasteiger charge is -2.38. The van der Waals surface area contributed by atoms with E-state index in [4.69, 9.17) is 4.74 Å². The fourth-order valence-corrected chi connectivity index (χ4v) is 4.77. The van der Waals surface area contributed by atoms with E-state index < -0.39 is 17.3 Å². The topological polar surface area (TPSA) is 84.7 Å². The number of aliphatic hydroxyl groups is 1. The molecule has 1 N–H and O–H groups in total. The highest BCUT2D eigenvalue weighted by atomic mass is 32.1. The zero-order valence-corrected chi connectivity index (χ0v) is 19.1. The lowest BCUT2D eigenvalue weighted by molar-refractivity contribution is -0.0419. The summed E-state index contributed by atoms with van der Waals surface area (Å²) in [5.41, 5.74) is 0.210. The number of rotatable bonds is 3. The molecule has 1 saturated heterocycles. The van der Waals surface area contributed by atoms with Gasteiger partial charge >= 0.3 is 6.09 Å². The summed E-state index contributed by atoms with van der Waals surface area (Å²) in [4.78, 5) is 31.4. The summed E-state index contributed by atoms with van der Waals surface area (Å²) in [7, 11) is 0. The van der Waals surface area contributed by atoms with Crippen molar-refractivity contribution in [1.82, 2.24) is 14.5 Å². The predicted octanol–water partition coefficient (Wildman–Crippen LogP) is 4.03. The first kappa shape index (κ1) is 22.4. The fourth-order valence-electron chi connectivity index (χ4n) is 3.80. The number of hydrogen-bond acceptors (Lipinski definition) is 6. The van der Waals surface area contributed by atoms with E-state index in [0.29, 0.717) is 36.1 Å². The smallest absolute Gasteiger partial charge is 0.410 e. The number of piperidine rings is 1. The number of amides is 1. The van der Waals surface area contributed by atoms with Crippen molar-refractivity contribution < 1.29 is 19.0 Å². The van der Waals surface area contributed by atoms with Crippen LogP contribution in [0.3, 0.4) is 0 Å². The maximum absolute atomic E-state index is 13.2. The molecule has 3 aromatic rings.